The van der Waals surface area contributed by atoms with Crippen LogP contribution in [0.3, 0.4) is 0 Å². The highest BCUT2D eigenvalue weighted by molar-refractivity contribution is 7.07. The summed E-state index contributed by atoms with van der Waals surface area (Å²) in [4.78, 5) is 13.7. The third-order valence-electron chi connectivity index (χ3n) is 2.27. The zero-order valence-corrected chi connectivity index (χ0v) is 11.4. The number of carbonyl (C=O) groups excluding carboxylic acids is 1. The van der Waals surface area contributed by atoms with Gasteiger partial charge in [-0.1, -0.05) is 0 Å². The minimum atomic E-state index is 0.0345. The van der Waals surface area contributed by atoms with E-state index in [0.29, 0.717) is 13.2 Å². The quantitative estimate of drug-likeness (QED) is 0.800. The van der Waals surface area contributed by atoms with Crippen LogP contribution >= 0.6 is 11.3 Å². The van der Waals surface area contributed by atoms with Gasteiger partial charge in [-0.3, -0.25) is 9.69 Å². The van der Waals surface area contributed by atoms with E-state index in [1.165, 1.54) is 5.56 Å². The SMILES string of the molecule is COC[C@@H](C)NC(=O)CN(C)Cc1ccsc1. The van der Waals surface area contributed by atoms with E-state index in [1.54, 1.807) is 18.4 Å². The van der Waals surface area contributed by atoms with Gasteiger partial charge in [-0.25, -0.2) is 0 Å². The lowest BCUT2D eigenvalue weighted by Gasteiger charge is -2.18. The number of carbonyl (C=O) groups is 1. The second-order valence-electron chi connectivity index (χ2n) is 4.23. The molecule has 17 heavy (non-hydrogen) atoms. The Morgan fingerprint density at radius 1 is 1.65 bits per heavy atom. The summed E-state index contributed by atoms with van der Waals surface area (Å²) >= 11 is 1.67. The fourth-order valence-electron chi connectivity index (χ4n) is 1.61. The number of hydrogen-bond donors (Lipinski definition) is 1. The van der Waals surface area contributed by atoms with Gasteiger partial charge in [-0.2, -0.15) is 11.3 Å². The highest BCUT2D eigenvalue weighted by Gasteiger charge is 2.10. The molecule has 0 radical (unpaired) electrons. The Labute approximate surface area is 107 Å². The van der Waals surface area contributed by atoms with Crippen molar-refractivity contribution in [2.45, 2.75) is 19.5 Å². The maximum atomic E-state index is 11.7. The van der Waals surface area contributed by atoms with E-state index in [4.69, 9.17) is 4.74 Å². The number of ether oxygens (including phenoxy) is 1. The van der Waals surface area contributed by atoms with Crippen LogP contribution in [0.1, 0.15) is 12.5 Å². The van der Waals surface area contributed by atoms with Crippen LogP contribution in [-0.2, 0) is 16.1 Å². The van der Waals surface area contributed by atoms with Crippen LogP contribution in [0.4, 0.5) is 0 Å². The van der Waals surface area contributed by atoms with E-state index in [2.05, 4.69) is 16.8 Å². The van der Waals surface area contributed by atoms with Gasteiger partial charge in [0.25, 0.3) is 0 Å². The monoisotopic (exact) mass is 256 g/mol. The fraction of sp³-hybridized carbons (Fsp3) is 0.583. The van der Waals surface area contributed by atoms with Crippen molar-refractivity contribution in [1.82, 2.24) is 10.2 Å². The summed E-state index contributed by atoms with van der Waals surface area (Å²) in [5, 5.41) is 7.03. The fourth-order valence-corrected chi connectivity index (χ4v) is 2.27. The summed E-state index contributed by atoms with van der Waals surface area (Å²) in [6.07, 6.45) is 0. The molecule has 0 saturated carbocycles. The number of rotatable bonds is 7. The summed E-state index contributed by atoms with van der Waals surface area (Å²) in [7, 11) is 3.57. The Bertz CT molecular complexity index is 327. The predicted molar refractivity (Wildman–Crippen MR) is 70.1 cm³/mol. The number of hydrogen-bond acceptors (Lipinski definition) is 4. The van der Waals surface area contributed by atoms with Crippen molar-refractivity contribution in [3.8, 4) is 0 Å². The van der Waals surface area contributed by atoms with Crippen molar-refractivity contribution in [2.75, 3.05) is 27.3 Å². The maximum absolute atomic E-state index is 11.7. The number of likely N-dealkylation sites (N-methyl/N-ethyl adjacent to an activating group) is 1. The molecule has 4 nitrogen and oxygen atoms in total. The minimum absolute atomic E-state index is 0.0345. The molecule has 1 amide bonds. The molecule has 96 valence electrons. The van der Waals surface area contributed by atoms with Crippen LogP contribution in [0.25, 0.3) is 0 Å². The Balaban J connectivity index is 2.26. The first-order valence-electron chi connectivity index (χ1n) is 5.59. The molecule has 0 unspecified atom stereocenters. The zero-order chi connectivity index (χ0) is 12.7. The number of amides is 1. The molecule has 1 N–H and O–H groups in total. The third kappa shape index (κ3) is 5.81. The standard InChI is InChI=1S/C12H20N2O2S/c1-10(8-16-3)13-12(15)7-14(2)6-11-4-5-17-9-11/h4-5,9-10H,6-8H2,1-3H3,(H,13,15)/t10-/m1/s1. The summed E-state index contributed by atoms with van der Waals surface area (Å²) in [5.74, 6) is 0.0345. The summed E-state index contributed by atoms with van der Waals surface area (Å²) in [6, 6.07) is 2.13. The smallest absolute Gasteiger partial charge is 0.234 e. The molecule has 0 aliphatic carbocycles. The largest absolute Gasteiger partial charge is 0.383 e. The Morgan fingerprint density at radius 3 is 3.00 bits per heavy atom. The highest BCUT2D eigenvalue weighted by Crippen LogP contribution is 2.07. The van der Waals surface area contributed by atoms with E-state index in [9.17, 15) is 4.79 Å². The average molecular weight is 256 g/mol. The Kier molecular flexibility index (Phi) is 6.18. The first-order valence-corrected chi connectivity index (χ1v) is 6.54. The molecule has 0 fully saturated rings. The molecule has 1 atom stereocenters. The van der Waals surface area contributed by atoms with Gasteiger partial charge in [-0.05, 0) is 36.4 Å². The molecule has 0 aromatic carbocycles. The zero-order valence-electron chi connectivity index (χ0n) is 10.6. The molecule has 0 aliphatic rings. The van der Waals surface area contributed by atoms with Gasteiger partial charge in [0, 0.05) is 19.7 Å². The van der Waals surface area contributed by atoms with E-state index < -0.39 is 0 Å². The molecule has 0 saturated heterocycles. The summed E-state index contributed by atoms with van der Waals surface area (Å²) in [5.41, 5.74) is 1.25. The Morgan fingerprint density at radius 2 is 2.41 bits per heavy atom. The van der Waals surface area contributed by atoms with Gasteiger partial charge in [-0.15, -0.1) is 0 Å². The highest BCUT2D eigenvalue weighted by atomic mass is 32.1. The number of thiophene rings is 1. The van der Waals surface area contributed by atoms with Crippen LogP contribution in [0.15, 0.2) is 16.8 Å². The van der Waals surface area contributed by atoms with Crippen LogP contribution in [0.5, 0.6) is 0 Å². The second-order valence-corrected chi connectivity index (χ2v) is 5.01. The van der Waals surface area contributed by atoms with Crippen molar-refractivity contribution in [1.29, 1.82) is 0 Å². The lowest BCUT2D eigenvalue weighted by atomic mass is 10.3. The number of nitrogens with zero attached hydrogens (tertiary/aromatic N) is 1. The van der Waals surface area contributed by atoms with Crippen molar-refractivity contribution >= 4 is 17.2 Å². The molecule has 0 bridgehead atoms. The van der Waals surface area contributed by atoms with Gasteiger partial charge in [0.1, 0.15) is 0 Å². The first kappa shape index (κ1) is 14.2. The van der Waals surface area contributed by atoms with E-state index >= 15 is 0 Å². The molecule has 0 spiro atoms. The lowest BCUT2D eigenvalue weighted by Crippen LogP contribution is -2.41. The predicted octanol–water partition coefficient (Wildman–Crippen LogP) is 1.33. The third-order valence-corrected chi connectivity index (χ3v) is 3.00. The van der Waals surface area contributed by atoms with E-state index in [0.717, 1.165) is 6.54 Å². The van der Waals surface area contributed by atoms with Crippen LogP contribution in [0, 0.1) is 0 Å². The van der Waals surface area contributed by atoms with Crippen molar-refractivity contribution < 1.29 is 9.53 Å². The molecular formula is C12H20N2O2S. The van der Waals surface area contributed by atoms with Crippen molar-refractivity contribution in [2.24, 2.45) is 0 Å². The summed E-state index contributed by atoms with van der Waals surface area (Å²) in [6.45, 7) is 3.68. The van der Waals surface area contributed by atoms with E-state index in [1.807, 2.05) is 24.3 Å². The number of nitrogens with one attached hydrogen (secondary N) is 1. The average Bonchev–Trinajstić information content (AvgIpc) is 2.69. The summed E-state index contributed by atoms with van der Waals surface area (Å²) < 4.78 is 4.97. The van der Waals surface area contributed by atoms with Crippen LogP contribution in [-0.4, -0.2) is 44.2 Å². The lowest BCUT2D eigenvalue weighted by molar-refractivity contribution is -0.123. The first-order chi connectivity index (χ1) is 8.11. The van der Waals surface area contributed by atoms with Crippen molar-refractivity contribution in [3.05, 3.63) is 22.4 Å². The molecule has 1 aromatic rings. The van der Waals surface area contributed by atoms with Crippen molar-refractivity contribution in [3.63, 3.8) is 0 Å². The van der Waals surface area contributed by atoms with Gasteiger partial charge in [0.05, 0.1) is 13.2 Å². The normalized spacial score (nSPS) is 12.7. The number of methoxy groups -OCH3 is 1. The maximum Gasteiger partial charge on any atom is 0.234 e. The van der Waals surface area contributed by atoms with Crippen LogP contribution < -0.4 is 5.32 Å². The van der Waals surface area contributed by atoms with Gasteiger partial charge < -0.3 is 10.1 Å². The molecule has 5 heteroatoms. The molecule has 1 heterocycles. The molecule has 1 rings (SSSR count). The molecule has 0 aliphatic heterocycles. The van der Waals surface area contributed by atoms with E-state index in [-0.39, 0.29) is 11.9 Å². The second kappa shape index (κ2) is 7.42. The van der Waals surface area contributed by atoms with Gasteiger partial charge in [0.15, 0.2) is 0 Å². The molecule has 1 aromatic heterocycles. The topological polar surface area (TPSA) is 41.6 Å². The molecular weight excluding hydrogens is 236 g/mol. The minimum Gasteiger partial charge on any atom is -0.383 e. The van der Waals surface area contributed by atoms with Gasteiger partial charge in [0.2, 0.25) is 5.91 Å². The van der Waals surface area contributed by atoms with Crippen LogP contribution in [0.2, 0.25) is 0 Å². The van der Waals surface area contributed by atoms with Gasteiger partial charge >= 0.3 is 0 Å². The Hall–Kier alpha value is -0.910.